The van der Waals surface area contributed by atoms with E-state index in [1.54, 1.807) is 0 Å². The summed E-state index contributed by atoms with van der Waals surface area (Å²) in [5, 5.41) is 3.36. The first-order chi connectivity index (χ1) is 5.83. The Morgan fingerprint density at radius 3 is 2.08 bits per heavy atom. The summed E-state index contributed by atoms with van der Waals surface area (Å²) < 4.78 is 0. The van der Waals surface area contributed by atoms with Gasteiger partial charge in [0.05, 0.1) is 0 Å². The lowest BCUT2D eigenvalue weighted by atomic mass is 9.78. The second kappa shape index (κ2) is 4.86. The minimum Gasteiger partial charge on any atom is -0.319 e. The van der Waals surface area contributed by atoms with Gasteiger partial charge in [0.1, 0.15) is 0 Å². The number of rotatable bonds is 3. The fraction of sp³-hybridized carbons (Fsp3) is 1.00. The first-order valence-electron chi connectivity index (χ1n) is 5.47. The summed E-state index contributed by atoms with van der Waals surface area (Å²) in [7, 11) is 2.09. The molecule has 1 saturated carbocycles. The summed E-state index contributed by atoms with van der Waals surface area (Å²) in [5.41, 5.74) is 0.644. The Balaban J connectivity index is 2.48. The van der Waals surface area contributed by atoms with Gasteiger partial charge in [0.2, 0.25) is 0 Å². The third-order valence-corrected chi connectivity index (χ3v) is 3.47. The summed E-state index contributed by atoms with van der Waals surface area (Å²) in [4.78, 5) is 0. The molecule has 1 rings (SSSR count). The summed E-state index contributed by atoms with van der Waals surface area (Å²) in [6.07, 6.45) is 10.1. The van der Waals surface area contributed by atoms with Gasteiger partial charge in [-0.05, 0) is 31.7 Å². The zero-order valence-electron chi connectivity index (χ0n) is 8.66. The highest BCUT2D eigenvalue weighted by molar-refractivity contribution is 4.81. The van der Waals surface area contributed by atoms with Gasteiger partial charge in [0, 0.05) is 6.54 Å². The molecule has 0 bridgehead atoms. The smallest absolute Gasteiger partial charge is 0.000470 e. The quantitative estimate of drug-likeness (QED) is 0.640. The predicted octanol–water partition coefficient (Wildman–Crippen LogP) is 2.96. The molecular formula is C11H23N. The van der Waals surface area contributed by atoms with Crippen LogP contribution in [0, 0.1) is 5.41 Å². The van der Waals surface area contributed by atoms with Gasteiger partial charge in [-0.25, -0.2) is 0 Å². The Morgan fingerprint density at radius 1 is 1.08 bits per heavy atom. The van der Waals surface area contributed by atoms with E-state index in [0.717, 1.165) is 0 Å². The molecule has 0 amide bonds. The maximum atomic E-state index is 3.36. The van der Waals surface area contributed by atoms with Crippen molar-refractivity contribution in [3.8, 4) is 0 Å². The van der Waals surface area contributed by atoms with Crippen molar-refractivity contribution >= 4 is 0 Å². The Bertz CT molecular complexity index is 112. The van der Waals surface area contributed by atoms with Crippen LogP contribution >= 0.6 is 0 Å². The van der Waals surface area contributed by atoms with Crippen LogP contribution in [0.5, 0.6) is 0 Å². The minimum atomic E-state index is 0.644. The Kier molecular flexibility index (Phi) is 4.07. The van der Waals surface area contributed by atoms with Crippen LogP contribution in [-0.4, -0.2) is 13.6 Å². The van der Waals surface area contributed by atoms with Crippen LogP contribution in [0.1, 0.15) is 51.9 Å². The average Bonchev–Trinajstić information content (AvgIpc) is 2.32. The standard InChI is InChI=1S/C11H23N/c1-3-11(10-12-2)8-6-4-5-7-9-11/h12H,3-10H2,1-2H3. The number of hydrogen-bond acceptors (Lipinski definition) is 1. The first-order valence-corrected chi connectivity index (χ1v) is 5.47. The zero-order valence-corrected chi connectivity index (χ0v) is 8.66. The number of hydrogen-bond donors (Lipinski definition) is 1. The molecule has 0 heterocycles. The molecule has 0 aromatic carbocycles. The zero-order chi connectivity index (χ0) is 8.86. The van der Waals surface area contributed by atoms with Gasteiger partial charge in [-0.15, -0.1) is 0 Å². The molecule has 0 saturated heterocycles. The lowest BCUT2D eigenvalue weighted by Gasteiger charge is -2.31. The van der Waals surface area contributed by atoms with Crippen LogP contribution in [-0.2, 0) is 0 Å². The molecule has 1 aliphatic carbocycles. The minimum absolute atomic E-state index is 0.644. The van der Waals surface area contributed by atoms with Crippen molar-refractivity contribution in [3.63, 3.8) is 0 Å². The van der Waals surface area contributed by atoms with Crippen LogP contribution in [0.3, 0.4) is 0 Å². The average molecular weight is 169 g/mol. The van der Waals surface area contributed by atoms with Crippen LogP contribution in [0.15, 0.2) is 0 Å². The molecule has 0 aromatic heterocycles. The van der Waals surface area contributed by atoms with Crippen LogP contribution in [0.4, 0.5) is 0 Å². The molecule has 0 aliphatic heterocycles. The van der Waals surface area contributed by atoms with Crippen molar-refractivity contribution in [1.29, 1.82) is 0 Å². The van der Waals surface area contributed by atoms with Gasteiger partial charge in [0.15, 0.2) is 0 Å². The second-order valence-corrected chi connectivity index (χ2v) is 4.30. The summed E-state index contributed by atoms with van der Waals surface area (Å²) >= 11 is 0. The highest BCUT2D eigenvalue weighted by atomic mass is 14.8. The molecule has 12 heavy (non-hydrogen) atoms. The molecule has 1 fully saturated rings. The second-order valence-electron chi connectivity index (χ2n) is 4.30. The van der Waals surface area contributed by atoms with Gasteiger partial charge in [-0.3, -0.25) is 0 Å². The molecule has 1 aliphatic rings. The topological polar surface area (TPSA) is 12.0 Å². The molecular weight excluding hydrogens is 146 g/mol. The van der Waals surface area contributed by atoms with Crippen molar-refractivity contribution in [2.45, 2.75) is 51.9 Å². The van der Waals surface area contributed by atoms with E-state index in [9.17, 15) is 0 Å². The molecule has 1 nitrogen and oxygen atoms in total. The molecule has 1 heteroatoms. The van der Waals surface area contributed by atoms with Crippen molar-refractivity contribution in [3.05, 3.63) is 0 Å². The van der Waals surface area contributed by atoms with Crippen molar-refractivity contribution in [1.82, 2.24) is 5.32 Å². The van der Waals surface area contributed by atoms with Gasteiger partial charge >= 0.3 is 0 Å². The summed E-state index contributed by atoms with van der Waals surface area (Å²) in [6.45, 7) is 3.58. The summed E-state index contributed by atoms with van der Waals surface area (Å²) in [6, 6.07) is 0. The van der Waals surface area contributed by atoms with Gasteiger partial charge in [-0.1, -0.05) is 32.6 Å². The monoisotopic (exact) mass is 169 g/mol. The summed E-state index contributed by atoms with van der Waals surface area (Å²) in [5.74, 6) is 0. The highest BCUT2D eigenvalue weighted by Gasteiger charge is 2.27. The molecule has 0 atom stereocenters. The lowest BCUT2D eigenvalue weighted by Crippen LogP contribution is -2.31. The van der Waals surface area contributed by atoms with E-state index in [1.807, 2.05) is 0 Å². The van der Waals surface area contributed by atoms with Crippen LogP contribution in [0.2, 0.25) is 0 Å². The highest BCUT2D eigenvalue weighted by Crippen LogP contribution is 2.37. The van der Waals surface area contributed by atoms with Gasteiger partial charge in [-0.2, -0.15) is 0 Å². The maximum absolute atomic E-state index is 3.36. The molecule has 72 valence electrons. The third-order valence-electron chi connectivity index (χ3n) is 3.47. The van der Waals surface area contributed by atoms with Crippen LogP contribution < -0.4 is 5.32 Å². The molecule has 1 N–H and O–H groups in total. The van der Waals surface area contributed by atoms with Crippen LogP contribution in [0.25, 0.3) is 0 Å². The Labute approximate surface area is 76.9 Å². The Hall–Kier alpha value is -0.0400. The van der Waals surface area contributed by atoms with E-state index in [-0.39, 0.29) is 0 Å². The Morgan fingerprint density at radius 2 is 1.67 bits per heavy atom. The normalized spacial score (nSPS) is 23.5. The lowest BCUT2D eigenvalue weighted by molar-refractivity contribution is 0.228. The molecule has 0 radical (unpaired) electrons. The predicted molar refractivity (Wildman–Crippen MR) is 54.4 cm³/mol. The third kappa shape index (κ3) is 2.48. The van der Waals surface area contributed by atoms with E-state index in [4.69, 9.17) is 0 Å². The van der Waals surface area contributed by atoms with Crippen molar-refractivity contribution in [2.24, 2.45) is 5.41 Å². The van der Waals surface area contributed by atoms with E-state index >= 15 is 0 Å². The fourth-order valence-electron chi connectivity index (χ4n) is 2.51. The fourth-order valence-corrected chi connectivity index (χ4v) is 2.51. The van der Waals surface area contributed by atoms with E-state index in [1.165, 1.54) is 51.5 Å². The van der Waals surface area contributed by atoms with E-state index < -0.39 is 0 Å². The number of nitrogens with one attached hydrogen (secondary N) is 1. The molecule has 0 unspecified atom stereocenters. The van der Waals surface area contributed by atoms with Crippen molar-refractivity contribution in [2.75, 3.05) is 13.6 Å². The van der Waals surface area contributed by atoms with Gasteiger partial charge < -0.3 is 5.32 Å². The van der Waals surface area contributed by atoms with E-state index in [0.29, 0.717) is 5.41 Å². The first kappa shape index (κ1) is 10.0. The van der Waals surface area contributed by atoms with Gasteiger partial charge in [0.25, 0.3) is 0 Å². The largest absolute Gasteiger partial charge is 0.319 e. The van der Waals surface area contributed by atoms with E-state index in [2.05, 4.69) is 19.3 Å². The van der Waals surface area contributed by atoms with Crippen molar-refractivity contribution < 1.29 is 0 Å². The maximum Gasteiger partial charge on any atom is 0.000470 e. The molecule has 0 aromatic rings. The molecule has 0 spiro atoms. The SMILES string of the molecule is CCC1(CNC)CCCCCC1.